The van der Waals surface area contributed by atoms with Crippen LogP contribution in [0.5, 0.6) is 0 Å². The van der Waals surface area contributed by atoms with Gasteiger partial charge in [0.15, 0.2) is 0 Å². The Bertz CT molecular complexity index is 246. The molecular weight excluding hydrogens is 199 g/mol. The van der Waals surface area contributed by atoms with Crippen LogP contribution in [0.2, 0.25) is 0 Å². The van der Waals surface area contributed by atoms with Gasteiger partial charge in [0.1, 0.15) is 6.17 Å². The van der Waals surface area contributed by atoms with E-state index in [9.17, 15) is 9.18 Å². The molecule has 0 saturated carbocycles. The van der Waals surface area contributed by atoms with Crippen LogP contribution in [0.3, 0.4) is 0 Å². The number of rotatable bonds is 3. The first kappa shape index (κ1) is 12.2. The van der Waals surface area contributed by atoms with Gasteiger partial charge < -0.3 is 15.7 Å². The zero-order chi connectivity index (χ0) is 11.6. The minimum Gasteiger partial charge on any atom is -0.465 e. The van der Waals surface area contributed by atoms with Crippen molar-refractivity contribution >= 4 is 6.09 Å². The van der Waals surface area contributed by atoms with Gasteiger partial charge in [-0.3, -0.25) is 0 Å². The lowest BCUT2D eigenvalue weighted by Crippen LogP contribution is -2.41. The number of carbonyl (C=O) groups is 1. The first-order valence-electron chi connectivity index (χ1n) is 5.21. The summed E-state index contributed by atoms with van der Waals surface area (Å²) < 4.78 is 13.1. The van der Waals surface area contributed by atoms with Gasteiger partial charge in [0, 0.05) is 18.6 Å². The van der Waals surface area contributed by atoms with Crippen LogP contribution in [0, 0.1) is 5.92 Å². The first-order chi connectivity index (χ1) is 6.86. The lowest BCUT2D eigenvalue weighted by atomic mass is 9.93. The Labute approximate surface area is 89.2 Å². The number of likely N-dealkylation sites (tertiary alicyclic amines) is 1. The first-order valence-corrected chi connectivity index (χ1v) is 5.21. The molecule has 1 amide bonds. The molecule has 1 rings (SSSR count). The van der Waals surface area contributed by atoms with E-state index in [0.717, 1.165) is 0 Å². The predicted molar refractivity (Wildman–Crippen MR) is 55.5 cm³/mol. The molecule has 0 radical (unpaired) electrons. The Morgan fingerprint density at radius 3 is 2.73 bits per heavy atom. The summed E-state index contributed by atoms with van der Waals surface area (Å²) in [6, 6.07) is 0. The third-order valence-corrected chi connectivity index (χ3v) is 3.04. The number of nitrogens with zero attached hydrogens (tertiary/aromatic N) is 1. The van der Waals surface area contributed by atoms with E-state index < -0.39 is 12.3 Å². The SMILES string of the molecule is CC1(C)CC(CC(F)CN)CN1C(=O)O. The molecule has 0 aliphatic carbocycles. The molecule has 0 aromatic heterocycles. The smallest absolute Gasteiger partial charge is 0.407 e. The maximum absolute atomic E-state index is 13.1. The second-order valence-electron chi connectivity index (χ2n) is 4.84. The highest BCUT2D eigenvalue weighted by molar-refractivity contribution is 5.66. The maximum atomic E-state index is 13.1. The van der Waals surface area contributed by atoms with E-state index >= 15 is 0 Å². The molecule has 0 aromatic rings. The van der Waals surface area contributed by atoms with Crippen LogP contribution >= 0.6 is 0 Å². The van der Waals surface area contributed by atoms with Crippen molar-refractivity contribution in [3.05, 3.63) is 0 Å². The van der Waals surface area contributed by atoms with Crippen molar-refractivity contribution in [2.24, 2.45) is 11.7 Å². The summed E-state index contributed by atoms with van der Waals surface area (Å²) in [5.74, 6) is 0.0923. The van der Waals surface area contributed by atoms with Gasteiger partial charge in [-0.15, -0.1) is 0 Å². The maximum Gasteiger partial charge on any atom is 0.407 e. The van der Waals surface area contributed by atoms with Gasteiger partial charge in [-0.25, -0.2) is 9.18 Å². The molecule has 1 saturated heterocycles. The molecule has 1 aliphatic heterocycles. The standard InChI is InChI=1S/C10H19FN2O2/c1-10(2)4-7(3-8(11)5-12)6-13(10)9(14)15/h7-8H,3-6,12H2,1-2H3,(H,14,15). The molecule has 1 heterocycles. The molecule has 0 bridgehead atoms. The normalized spacial score (nSPS) is 26.7. The van der Waals surface area contributed by atoms with Crippen LogP contribution in [-0.2, 0) is 0 Å². The largest absolute Gasteiger partial charge is 0.465 e. The quantitative estimate of drug-likeness (QED) is 0.753. The third kappa shape index (κ3) is 2.81. The number of hydrogen-bond donors (Lipinski definition) is 2. The Kier molecular flexibility index (Phi) is 3.54. The van der Waals surface area contributed by atoms with Gasteiger partial charge >= 0.3 is 6.09 Å². The van der Waals surface area contributed by atoms with Crippen molar-refractivity contribution in [3.63, 3.8) is 0 Å². The van der Waals surface area contributed by atoms with E-state index in [1.54, 1.807) is 0 Å². The number of amides is 1. The molecule has 88 valence electrons. The van der Waals surface area contributed by atoms with E-state index in [1.165, 1.54) is 4.90 Å². The topological polar surface area (TPSA) is 66.6 Å². The average molecular weight is 218 g/mol. The fourth-order valence-electron chi connectivity index (χ4n) is 2.34. The van der Waals surface area contributed by atoms with Crippen molar-refractivity contribution in [3.8, 4) is 0 Å². The fraction of sp³-hybridized carbons (Fsp3) is 0.900. The molecule has 1 fully saturated rings. The highest BCUT2D eigenvalue weighted by atomic mass is 19.1. The zero-order valence-corrected chi connectivity index (χ0v) is 9.24. The summed E-state index contributed by atoms with van der Waals surface area (Å²) in [6.45, 7) is 4.18. The van der Waals surface area contributed by atoms with Crippen molar-refractivity contribution < 1.29 is 14.3 Å². The van der Waals surface area contributed by atoms with Gasteiger partial charge in [0.05, 0.1) is 0 Å². The lowest BCUT2D eigenvalue weighted by Gasteiger charge is -2.28. The number of halogens is 1. The second-order valence-corrected chi connectivity index (χ2v) is 4.84. The second kappa shape index (κ2) is 4.35. The highest BCUT2D eigenvalue weighted by Gasteiger charge is 2.41. The predicted octanol–water partition coefficient (Wildman–Crippen LogP) is 1.45. The summed E-state index contributed by atoms with van der Waals surface area (Å²) in [5.41, 5.74) is 4.82. The zero-order valence-electron chi connectivity index (χ0n) is 9.24. The third-order valence-electron chi connectivity index (χ3n) is 3.04. The molecule has 0 aromatic carbocycles. The van der Waals surface area contributed by atoms with Crippen LogP contribution in [0.15, 0.2) is 0 Å². The average Bonchev–Trinajstić information content (AvgIpc) is 2.40. The number of hydrogen-bond acceptors (Lipinski definition) is 2. The van der Waals surface area contributed by atoms with E-state index in [4.69, 9.17) is 10.8 Å². The lowest BCUT2D eigenvalue weighted by molar-refractivity contribution is 0.116. The Hall–Kier alpha value is -0.840. The van der Waals surface area contributed by atoms with E-state index in [2.05, 4.69) is 0 Å². The van der Waals surface area contributed by atoms with Crippen LogP contribution in [0.25, 0.3) is 0 Å². The fourth-order valence-corrected chi connectivity index (χ4v) is 2.34. The molecule has 2 unspecified atom stereocenters. The molecule has 15 heavy (non-hydrogen) atoms. The Morgan fingerprint density at radius 2 is 2.33 bits per heavy atom. The van der Waals surface area contributed by atoms with Crippen LogP contribution in [0.4, 0.5) is 9.18 Å². The molecule has 3 N–H and O–H groups in total. The van der Waals surface area contributed by atoms with Crippen molar-refractivity contribution in [1.29, 1.82) is 0 Å². The Balaban J connectivity index is 2.58. The van der Waals surface area contributed by atoms with Gasteiger partial charge in [-0.2, -0.15) is 0 Å². The molecule has 2 atom stereocenters. The summed E-state index contributed by atoms with van der Waals surface area (Å²) in [7, 11) is 0. The monoisotopic (exact) mass is 218 g/mol. The molecule has 1 aliphatic rings. The van der Waals surface area contributed by atoms with Crippen molar-refractivity contribution in [2.45, 2.75) is 38.4 Å². The number of carboxylic acid groups (broad SMARTS) is 1. The minimum atomic E-state index is -1.01. The summed E-state index contributed by atoms with van der Waals surface area (Å²) in [5, 5.41) is 8.97. The molecule has 5 heteroatoms. The van der Waals surface area contributed by atoms with Crippen molar-refractivity contribution in [1.82, 2.24) is 4.90 Å². The van der Waals surface area contributed by atoms with Gasteiger partial charge in [-0.05, 0) is 32.6 Å². The molecule has 0 spiro atoms. The minimum absolute atomic E-state index is 0.0179. The molecular formula is C10H19FN2O2. The van der Waals surface area contributed by atoms with Crippen LogP contribution in [-0.4, -0.2) is 40.9 Å². The highest BCUT2D eigenvalue weighted by Crippen LogP contribution is 2.35. The van der Waals surface area contributed by atoms with E-state index in [-0.39, 0.29) is 18.0 Å². The van der Waals surface area contributed by atoms with Crippen LogP contribution < -0.4 is 5.73 Å². The Morgan fingerprint density at radius 1 is 1.73 bits per heavy atom. The van der Waals surface area contributed by atoms with Crippen LogP contribution in [0.1, 0.15) is 26.7 Å². The summed E-state index contributed by atoms with van der Waals surface area (Å²) in [6.07, 6.45) is -0.867. The van der Waals surface area contributed by atoms with E-state index in [1.807, 2.05) is 13.8 Å². The molecule has 4 nitrogen and oxygen atoms in total. The number of nitrogens with two attached hydrogens (primary N) is 1. The number of alkyl halides is 1. The summed E-state index contributed by atoms with van der Waals surface area (Å²) >= 11 is 0. The summed E-state index contributed by atoms with van der Waals surface area (Å²) in [4.78, 5) is 12.3. The van der Waals surface area contributed by atoms with E-state index in [0.29, 0.717) is 19.4 Å². The van der Waals surface area contributed by atoms with Gasteiger partial charge in [-0.1, -0.05) is 0 Å². The van der Waals surface area contributed by atoms with Gasteiger partial charge in [0.25, 0.3) is 0 Å². The van der Waals surface area contributed by atoms with Gasteiger partial charge in [0.2, 0.25) is 0 Å². The van der Waals surface area contributed by atoms with Crippen molar-refractivity contribution in [2.75, 3.05) is 13.1 Å².